The van der Waals surface area contributed by atoms with E-state index in [1.165, 1.54) is 18.2 Å². The number of aliphatic carboxylic acids is 1. The van der Waals surface area contributed by atoms with E-state index in [0.29, 0.717) is 31.4 Å². The molecule has 118 valence electrons. The van der Waals surface area contributed by atoms with Crippen LogP contribution in [0.5, 0.6) is 0 Å². The van der Waals surface area contributed by atoms with Crippen LogP contribution in [-0.2, 0) is 4.79 Å². The number of carbonyl (C=O) groups excluding carboxylic acids is 1. The largest absolute Gasteiger partial charge is 0.481 e. The summed E-state index contributed by atoms with van der Waals surface area (Å²) in [6.07, 6.45) is 2.30. The molecule has 1 aromatic rings. The maximum atomic E-state index is 11.9. The van der Waals surface area contributed by atoms with E-state index in [9.17, 15) is 19.7 Å². The van der Waals surface area contributed by atoms with Crippen LogP contribution in [-0.4, -0.2) is 28.1 Å². The number of non-ortho nitro benzene ring substituents is 1. The third kappa shape index (κ3) is 4.18. The third-order valence-electron chi connectivity index (χ3n) is 3.73. The highest BCUT2D eigenvalue weighted by molar-refractivity contribution is 5.89. The van der Waals surface area contributed by atoms with Crippen molar-refractivity contribution >= 4 is 23.4 Å². The van der Waals surface area contributed by atoms with Crippen molar-refractivity contribution in [1.29, 1.82) is 0 Å². The van der Waals surface area contributed by atoms with Crippen molar-refractivity contribution in [2.45, 2.75) is 31.7 Å². The first-order valence-electron chi connectivity index (χ1n) is 7.00. The Kier molecular flexibility index (Phi) is 4.92. The molecule has 1 fully saturated rings. The molecule has 2 rings (SSSR count). The molecule has 1 aliphatic rings. The number of nitrogens with one attached hydrogen (secondary N) is 2. The van der Waals surface area contributed by atoms with Crippen LogP contribution in [0.25, 0.3) is 0 Å². The number of rotatable bonds is 4. The van der Waals surface area contributed by atoms with Crippen molar-refractivity contribution in [3.63, 3.8) is 0 Å². The van der Waals surface area contributed by atoms with Crippen molar-refractivity contribution in [3.05, 3.63) is 34.4 Å². The molecule has 0 heterocycles. The Morgan fingerprint density at radius 1 is 1.23 bits per heavy atom. The molecule has 0 spiro atoms. The summed E-state index contributed by atoms with van der Waals surface area (Å²) < 4.78 is 0. The quantitative estimate of drug-likeness (QED) is 0.582. The van der Waals surface area contributed by atoms with E-state index in [1.807, 2.05) is 0 Å². The third-order valence-corrected chi connectivity index (χ3v) is 3.73. The molecule has 0 saturated heterocycles. The first-order chi connectivity index (χ1) is 10.5. The number of urea groups is 1. The smallest absolute Gasteiger partial charge is 0.319 e. The van der Waals surface area contributed by atoms with Gasteiger partial charge in [-0.25, -0.2) is 4.79 Å². The predicted molar refractivity (Wildman–Crippen MR) is 78.6 cm³/mol. The summed E-state index contributed by atoms with van der Waals surface area (Å²) in [4.78, 5) is 32.9. The second kappa shape index (κ2) is 6.88. The molecule has 1 aliphatic carbocycles. The molecule has 8 nitrogen and oxygen atoms in total. The molecule has 22 heavy (non-hydrogen) atoms. The average Bonchev–Trinajstić information content (AvgIpc) is 2.47. The fraction of sp³-hybridized carbons (Fsp3) is 0.429. The van der Waals surface area contributed by atoms with E-state index in [0.717, 1.165) is 0 Å². The number of carbonyl (C=O) groups is 2. The minimum Gasteiger partial charge on any atom is -0.481 e. The number of anilines is 1. The van der Waals surface area contributed by atoms with Crippen molar-refractivity contribution in [1.82, 2.24) is 5.32 Å². The Morgan fingerprint density at radius 2 is 1.91 bits per heavy atom. The van der Waals surface area contributed by atoms with Gasteiger partial charge in [-0.3, -0.25) is 14.9 Å². The minimum absolute atomic E-state index is 0.0747. The van der Waals surface area contributed by atoms with E-state index in [1.54, 1.807) is 6.07 Å². The molecule has 1 aromatic carbocycles. The van der Waals surface area contributed by atoms with Crippen LogP contribution in [0.4, 0.5) is 16.2 Å². The molecule has 0 unspecified atom stereocenters. The lowest BCUT2D eigenvalue weighted by atomic mass is 9.86. The van der Waals surface area contributed by atoms with Crippen molar-refractivity contribution in [2.75, 3.05) is 5.32 Å². The topological polar surface area (TPSA) is 122 Å². The van der Waals surface area contributed by atoms with Crippen LogP contribution in [0.3, 0.4) is 0 Å². The van der Waals surface area contributed by atoms with E-state index in [4.69, 9.17) is 5.11 Å². The number of hydrogen-bond acceptors (Lipinski definition) is 4. The SMILES string of the molecule is O=C(Nc1cccc([N+](=O)[O-])c1)NC1CCC(C(=O)O)CC1. The highest BCUT2D eigenvalue weighted by Crippen LogP contribution is 2.24. The number of carboxylic acid groups (broad SMARTS) is 1. The number of benzene rings is 1. The molecule has 2 amide bonds. The van der Waals surface area contributed by atoms with E-state index < -0.39 is 16.9 Å². The van der Waals surface area contributed by atoms with Gasteiger partial charge in [0.25, 0.3) is 5.69 Å². The van der Waals surface area contributed by atoms with Crippen LogP contribution in [0, 0.1) is 16.0 Å². The maximum absolute atomic E-state index is 11.9. The lowest BCUT2D eigenvalue weighted by Crippen LogP contribution is -2.40. The Balaban J connectivity index is 1.85. The second-order valence-corrected chi connectivity index (χ2v) is 5.29. The van der Waals surface area contributed by atoms with Crippen LogP contribution >= 0.6 is 0 Å². The van der Waals surface area contributed by atoms with E-state index in [-0.39, 0.29) is 17.6 Å². The van der Waals surface area contributed by atoms with Crippen molar-refractivity contribution in [3.8, 4) is 0 Å². The predicted octanol–water partition coefficient (Wildman–Crippen LogP) is 2.36. The fourth-order valence-corrected chi connectivity index (χ4v) is 2.53. The molecular formula is C14H17N3O5. The molecule has 0 atom stereocenters. The molecule has 0 radical (unpaired) electrons. The highest BCUT2D eigenvalue weighted by atomic mass is 16.6. The molecule has 8 heteroatoms. The van der Waals surface area contributed by atoms with Crippen LogP contribution in [0.2, 0.25) is 0 Å². The first-order valence-corrected chi connectivity index (χ1v) is 7.00. The monoisotopic (exact) mass is 307 g/mol. The number of nitro benzene ring substituents is 1. The zero-order valence-corrected chi connectivity index (χ0v) is 11.8. The summed E-state index contributed by atoms with van der Waals surface area (Å²) in [7, 11) is 0. The Morgan fingerprint density at radius 3 is 2.50 bits per heavy atom. The summed E-state index contributed by atoms with van der Waals surface area (Å²) in [5.41, 5.74) is 0.241. The van der Waals surface area contributed by atoms with Crippen LogP contribution in [0.15, 0.2) is 24.3 Å². The molecule has 1 saturated carbocycles. The van der Waals surface area contributed by atoms with Gasteiger partial charge in [-0.15, -0.1) is 0 Å². The van der Waals surface area contributed by atoms with Gasteiger partial charge >= 0.3 is 12.0 Å². The lowest BCUT2D eigenvalue weighted by molar-refractivity contribution is -0.384. The Bertz CT molecular complexity index is 582. The van der Waals surface area contributed by atoms with Crippen LogP contribution < -0.4 is 10.6 Å². The normalized spacial score (nSPS) is 20.9. The average molecular weight is 307 g/mol. The summed E-state index contributed by atoms with van der Waals surface area (Å²) in [6, 6.07) is 5.16. The zero-order valence-electron chi connectivity index (χ0n) is 11.8. The lowest BCUT2D eigenvalue weighted by Gasteiger charge is -2.26. The van der Waals surface area contributed by atoms with Gasteiger partial charge in [0.05, 0.1) is 10.8 Å². The number of nitro groups is 1. The number of nitrogens with zero attached hydrogens (tertiary/aromatic N) is 1. The minimum atomic E-state index is -0.792. The van der Waals surface area contributed by atoms with Gasteiger partial charge < -0.3 is 15.7 Å². The first kappa shape index (κ1) is 15.7. The number of amides is 2. The zero-order chi connectivity index (χ0) is 16.1. The van der Waals surface area contributed by atoms with Crippen molar-refractivity contribution < 1.29 is 19.6 Å². The Hall–Kier alpha value is -2.64. The van der Waals surface area contributed by atoms with Gasteiger partial charge in [0.2, 0.25) is 0 Å². The van der Waals surface area contributed by atoms with Crippen molar-refractivity contribution in [2.24, 2.45) is 5.92 Å². The van der Waals surface area contributed by atoms with Gasteiger partial charge in [0.15, 0.2) is 0 Å². The summed E-state index contributed by atoms with van der Waals surface area (Å²) in [5, 5.41) is 24.9. The maximum Gasteiger partial charge on any atom is 0.319 e. The fourth-order valence-electron chi connectivity index (χ4n) is 2.53. The standard InChI is InChI=1S/C14H17N3O5/c18-13(19)9-4-6-10(7-5-9)15-14(20)16-11-2-1-3-12(8-11)17(21)22/h1-3,8-10H,4-7H2,(H,18,19)(H2,15,16,20). The second-order valence-electron chi connectivity index (χ2n) is 5.29. The van der Waals surface area contributed by atoms with Gasteiger partial charge in [-0.1, -0.05) is 6.07 Å². The number of carboxylic acids is 1. The van der Waals surface area contributed by atoms with Gasteiger partial charge in [-0.05, 0) is 31.7 Å². The molecule has 0 aromatic heterocycles. The molecular weight excluding hydrogens is 290 g/mol. The van der Waals surface area contributed by atoms with E-state index >= 15 is 0 Å². The molecule has 0 aliphatic heterocycles. The molecule has 0 bridgehead atoms. The summed E-state index contributed by atoms with van der Waals surface area (Å²) in [6.45, 7) is 0. The van der Waals surface area contributed by atoms with Crippen LogP contribution in [0.1, 0.15) is 25.7 Å². The molecule has 3 N–H and O–H groups in total. The van der Waals surface area contributed by atoms with Gasteiger partial charge in [0, 0.05) is 23.9 Å². The van der Waals surface area contributed by atoms with Gasteiger partial charge in [0.1, 0.15) is 0 Å². The summed E-state index contributed by atoms with van der Waals surface area (Å²) >= 11 is 0. The van der Waals surface area contributed by atoms with Gasteiger partial charge in [-0.2, -0.15) is 0 Å². The summed E-state index contributed by atoms with van der Waals surface area (Å²) in [5.74, 6) is -1.13. The van der Waals surface area contributed by atoms with E-state index in [2.05, 4.69) is 10.6 Å². The highest BCUT2D eigenvalue weighted by Gasteiger charge is 2.26. The Labute approximate surface area is 126 Å². The number of hydrogen-bond donors (Lipinski definition) is 3.